The summed E-state index contributed by atoms with van der Waals surface area (Å²) in [6.45, 7) is 0.906. The molecule has 0 bridgehead atoms. The van der Waals surface area contributed by atoms with Crippen molar-refractivity contribution >= 4 is 44.3 Å². The van der Waals surface area contributed by atoms with Crippen molar-refractivity contribution < 1.29 is 36.0 Å². The van der Waals surface area contributed by atoms with E-state index in [1.165, 1.54) is 4.31 Å². The molecule has 3 N–H and O–H groups in total. The molecule has 0 saturated carbocycles. The number of carbonyl (C=O) groups is 1. The molecule has 0 aromatic heterocycles. The van der Waals surface area contributed by atoms with E-state index in [1.54, 1.807) is 13.1 Å². The minimum atomic E-state index is -3.61. The van der Waals surface area contributed by atoms with E-state index in [2.05, 4.69) is 27.9 Å². The SMILES string of the molecule is CN1c2ccccc2C([NH2+]CCCCCCCCC(=O)O)c2ccc(I)cc2S1(=O)=O.[Cl-]. The van der Waals surface area contributed by atoms with E-state index in [-0.39, 0.29) is 24.9 Å². The molecule has 1 heterocycles. The molecule has 1 aliphatic rings. The molecule has 2 aromatic rings. The number of carboxylic acid groups (broad SMARTS) is 1. The minimum absolute atomic E-state index is 0. The highest BCUT2D eigenvalue weighted by atomic mass is 127. The van der Waals surface area contributed by atoms with Crippen LogP contribution in [0.25, 0.3) is 0 Å². The highest BCUT2D eigenvalue weighted by molar-refractivity contribution is 14.1. The van der Waals surface area contributed by atoms with Crippen molar-refractivity contribution in [1.29, 1.82) is 0 Å². The maximum absolute atomic E-state index is 13.3. The molecular formula is C23H30ClIN2O4S. The van der Waals surface area contributed by atoms with Crippen LogP contribution in [0.1, 0.15) is 62.1 Å². The number of sulfonamides is 1. The number of unbranched alkanes of at least 4 members (excludes halogenated alkanes) is 5. The van der Waals surface area contributed by atoms with Crippen LogP contribution in [0, 0.1) is 3.57 Å². The normalized spacial score (nSPS) is 16.4. The number of hydrogen-bond donors (Lipinski definition) is 2. The monoisotopic (exact) mass is 592 g/mol. The van der Waals surface area contributed by atoms with Crippen LogP contribution < -0.4 is 22.0 Å². The zero-order valence-electron chi connectivity index (χ0n) is 18.1. The lowest BCUT2D eigenvalue weighted by Crippen LogP contribution is -3.00. The maximum Gasteiger partial charge on any atom is 0.303 e. The van der Waals surface area contributed by atoms with E-state index in [9.17, 15) is 13.2 Å². The second kappa shape index (κ2) is 12.2. The van der Waals surface area contributed by atoms with Gasteiger partial charge in [0, 0.05) is 28.2 Å². The van der Waals surface area contributed by atoms with Crippen LogP contribution in [0.2, 0.25) is 0 Å². The maximum atomic E-state index is 13.3. The third kappa shape index (κ3) is 6.36. The van der Waals surface area contributed by atoms with Crippen LogP contribution in [0.5, 0.6) is 0 Å². The summed E-state index contributed by atoms with van der Waals surface area (Å²) in [6, 6.07) is 13.4. The van der Waals surface area contributed by atoms with Crippen molar-refractivity contribution in [2.75, 3.05) is 17.9 Å². The first kappa shape index (κ1) is 26.9. The quantitative estimate of drug-likeness (QED) is 0.317. The standard InChI is InChI=1S/C23H29IN2O4S.ClH/c1-26-20-11-8-7-10-18(20)23(19-14-13-17(24)16-21(19)31(26,29)30)25-15-9-5-3-2-4-6-12-22(27)28;/h7-8,10-11,13-14,16,23,25H,2-6,9,12,15H2,1H3,(H,27,28);1H. The Morgan fingerprint density at radius 3 is 2.41 bits per heavy atom. The average Bonchev–Trinajstić information content (AvgIpc) is 2.80. The van der Waals surface area contributed by atoms with Gasteiger partial charge in [0.25, 0.3) is 10.0 Å². The van der Waals surface area contributed by atoms with Gasteiger partial charge in [-0.3, -0.25) is 9.10 Å². The molecule has 6 nitrogen and oxygen atoms in total. The van der Waals surface area contributed by atoms with Gasteiger partial charge in [0.15, 0.2) is 0 Å². The van der Waals surface area contributed by atoms with Gasteiger partial charge in [-0.15, -0.1) is 0 Å². The van der Waals surface area contributed by atoms with Crippen LogP contribution in [0.15, 0.2) is 47.4 Å². The van der Waals surface area contributed by atoms with Crippen LogP contribution in [0.3, 0.4) is 0 Å². The van der Waals surface area contributed by atoms with Gasteiger partial charge in [0.2, 0.25) is 0 Å². The smallest absolute Gasteiger partial charge is 0.303 e. The summed E-state index contributed by atoms with van der Waals surface area (Å²) in [5, 5.41) is 10.9. The Bertz CT molecular complexity index is 1030. The fraction of sp³-hybridized carbons (Fsp3) is 0.435. The topological polar surface area (TPSA) is 91.3 Å². The number of carboxylic acids is 1. The summed E-state index contributed by atoms with van der Waals surface area (Å²) >= 11 is 2.16. The first-order valence-electron chi connectivity index (χ1n) is 10.7. The molecule has 32 heavy (non-hydrogen) atoms. The largest absolute Gasteiger partial charge is 1.00 e. The number of nitrogens with zero attached hydrogens (tertiary/aromatic N) is 1. The molecule has 176 valence electrons. The number of nitrogens with two attached hydrogens (primary N) is 1. The predicted molar refractivity (Wildman–Crippen MR) is 130 cm³/mol. The number of fused-ring (bicyclic) bond motifs is 2. The second-order valence-electron chi connectivity index (χ2n) is 7.98. The fourth-order valence-electron chi connectivity index (χ4n) is 4.14. The number of aliphatic carboxylic acids is 1. The number of anilines is 1. The van der Waals surface area contributed by atoms with Crippen LogP contribution >= 0.6 is 22.6 Å². The highest BCUT2D eigenvalue weighted by Gasteiger charge is 2.36. The second-order valence-corrected chi connectivity index (χ2v) is 11.2. The lowest BCUT2D eigenvalue weighted by molar-refractivity contribution is -0.687. The van der Waals surface area contributed by atoms with Crippen LogP contribution in [0.4, 0.5) is 5.69 Å². The first-order chi connectivity index (χ1) is 14.8. The minimum Gasteiger partial charge on any atom is -1.00 e. The fourth-order valence-corrected chi connectivity index (χ4v) is 6.33. The van der Waals surface area contributed by atoms with Gasteiger partial charge < -0.3 is 22.8 Å². The Kier molecular flexibility index (Phi) is 10.3. The zero-order chi connectivity index (χ0) is 22.4. The van der Waals surface area contributed by atoms with Crippen LogP contribution in [-0.4, -0.2) is 33.1 Å². The van der Waals surface area contributed by atoms with E-state index in [1.807, 2.05) is 36.4 Å². The van der Waals surface area contributed by atoms with Crippen molar-refractivity contribution in [3.05, 3.63) is 57.2 Å². The molecule has 2 aromatic carbocycles. The third-order valence-corrected chi connectivity index (χ3v) is 8.31. The molecule has 0 saturated heterocycles. The summed E-state index contributed by atoms with van der Waals surface area (Å²) in [5.41, 5.74) is 2.58. The van der Waals surface area contributed by atoms with Gasteiger partial charge in [-0.05, 0) is 60.1 Å². The van der Waals surface area contributed by atoms with Gasteiger partial charge in [-0.1, -0.05) is 43.5 Å². The average molecular weight is 593 g/mol. The highest BCUT2D eigenvalue weighted by Crippen LogP contribution is 2.38. The summed E-state index contributed by atoms with van der Waals surface area (Å²) in [6.07, 6.45) is 6.25. The number of halogens is 2. The Labute approximate surface area is 210 Å². The zero-order valence-corrected chi connectivity index (χ0v) is 21.9. The van der Waals surface area contributed by atoms with Crippen LogP contribution in [-0.2, 0) is 14.8 Å². The third-order valence-electron chi connectivity index (χ3n) is 5.81. The number of rotatable bonds is 10. The molecule has 0 spiro atoms. The summed E-state index contributed by atoms with van der Waals surface area (Å²) in [7, 11) is -1.98. The molecule has 0 aliphatic carbocycles. The molecule has 9 heteroatoms. The summed E-state index contributed by atoms with van der Waals surface area (Å²) < 4.78 is 28.9. The molecule has 1 atom stereocenters. The summed E-state index contributed by atoms with van der Waals surface area (Å²) in [5.74, 6) is -0.721. The van der Waals surface area contributed by atoms with E-state index in [0.717, 1.165) is 65.5 Å². The van der Waals surface area contributed by atoms with Crippen molar-refractivity contribution in [1.82, 2.24) is 0 Å². The molecular weight excluding hydrogens is 563 g/mol. The number of quaternary nitrogens is 1. The van der Waals surface area contributed by atoms with E-state index < -0.39 is 16.0 Å². The Morgan fingerprint density at radius 2 is 1.69 bits per heavy atom. The van der Waals surface area contributed by atoms with Crippen molar-refractivity contribution in [3.8, 4) is 0 Å². The predicted octanol–water partition coefficient (Wildman–Crippen LogP) is 0.902. The number of hydrogen-bond acceptors (Lipinski definition) is 3. The van der Waals surface area contributed by atoms with Gasteiger partial charge >= 0.3 is 5.97 Å². The number of para-hydroxylation sites is 1. The molecule has 1 aliphatic heterocycles. The summed E-state index contributed by atoms with van der Waals surface area (Å²) in [4.78, 5) is 10.9. The van der Waals surface area contributed by atoms with E-state index in [4.69, 9.17) is 5.11 Å². The van der Waals surface area contributed by atoms with Gasteiger partial charge in [-0.2, -0.15) is 0 Å². The molecule has 1 unspecified atom stereocenters. The Balaban J connectivity index is 0.00000363. The Hall–Kier alpha value is -1.36. The van der Waals surface area contributed by atoms with E-state index in [0.29, 0.717) is 4.90 Å². The van der Waals surface area contributed by atoms with Crippen molar-refractivity contribution in [2.24, 2.45) is 0 Å². The first-order valence-corrected chi connectivity index (χ1v) is 13.3. The number of benzene rings is 2. The van der Waals surface area contributed by atoms with E-state index >= 15 is 0 Å². The Morgan fingerprint density at radius 1 is 1.03 bits per heavy atom. The molecule has 0 fully saturated rings. The lowest BCUT2D eigenvalue weighted by Gasteiger charge is -2.20. The molecule has 0 radical (unpaired) electrons. The lowest BCUT2D eigenvalue weighted by atomic mass is 9.96. The van der Waals surface area contributed by atoms with Gasteiger partial charge in [0.1, 0.15) is 6.04 Å². The van der Waals surface area contributed by atoms with Crippen molar-refractivity contribution in [2.45, 2.75) is 55.9 Å². The van der Waals surface area contributed by atoms with Crippen molar-refractivity contribution in [3.63, 3.8) is 0 Å². The van der Waals surface area contributed by atoms with Gasteiger partial charge in [0.05, 0.1) is 17.1 Å². The molecule has 0 amide bonds. The molecule has 3 rings (SSSR count). The van der Waals surface area contributed by atoms with Gasteiger partial charge in [-0.25, -0.2) is 8.42 Å².